The summed E-state index contributed by atoms with van der Waals surface area (Å²) in [7, 11) is 0. The number of pyridine rings is 1. The Balaban J connectivity index is 1.44. The highest BCUT2D eigenvalue weighted by Gasteiger charge is 2.35. The highest BCUT2D eigenvalue weighted by molar-refractivity contribution is 14.1. The van der Waals surface area contributed by atoms with E-state index in [0.29, 0.717) is 6.04 Å². The third kappa shape index (κ3) is 4.30. The summed E-state index contributed by atoms with van der Waals surface area (Å²) in [5, 5.41) is 0. The van der Waals surface area contributed by atoms with Crippen molar-refractivity contribution >= 4 is 34.5 Å². The second-order valence-electron chi connectivity index (χ2n) is 7.40. The zero-order valence-electron chi connectivity index (χ0n) is 14.5. The fourth-order valence-electron chi connectivity index (χ4n) is 3.02. The maximum Gasteiger partial charge on any atom is 0.410 e. The predicted octanol–water partition coefficient (Wildman–Crippen LogP) is 2.43. The quantitative estimate of drug-likeness (QED) is 0.656. The Kier molecular flexibility index (Phi) is 5.19. The van der Waals surface area contributed by atoms with Crippen molar-refractivity contribution < 1.29 is 9.53 Å². The molecule has 3 rings (SSSR count). The van der Waals surface area contributed by atoms with Crippen LogP contribution in [0, 0.1) is 3.57 Å². The van der Waals surface area contributed by atoms with Gasteiger partial charge in [0.2, 0.25) is 0 Å². The van der Waals surface area contributed by atoms with Crippen LogP contribution in [0.4, 0.5) is 10.6 Å². The second-order valence-corrected chi connectivity index (χ2v) is 8.64. The highest BCUT2D eigenvalue weighted by atomic mass is 127. The molecule has 0 radical (unpaired) electrons. The number of carbonyl (C=O) groups is 1. The monoisotopic (exact) mass is 444 g/mol. The summed E-state index contributed by atoms with van der Waals surface area (Å²) in [5.41, 5.74) is -0.427. The molecule has 2 saturated heterocycles. The van der Waals surface area contributed by atoms with Crippen LogP contribution in [0.1, 0.15) is 20.8 Å². The van der Waals surface area contributed by atoms with Crippen molar-refractivity contribution in [2.45, 2.75) is 32.4 Å². The first kappa shape index (κ1) is 17.7. The van der Waals surface area contributed by atoms with E-state index in [9.17, 15) is 4.79 Å². The standard InChI is InChI=1S/C17H25IN4O2/c1-17(2,3)24-16(23)21-8-6-20(7-9-21)14-11-22(12-14)15-5-4-13(18)10-19-15/h4-5,10,14H,6-9,11-12H2,1-3H3. The first-order valence-electron chi connectivity index (χ1n) is 8.40. The van der Waals surface area contributed by atoms with Gasteiger partial charge in [-0.05, 0) is 55.5 Å². The summed E-state index contributed by atoms with van der Waals surface area (Å²) in [6.07, 6.45) is 1.71. The minimum atomic E-state index is -0.427. The molecule has 0 unspecified atom stereocenters. The van der Waals surface area contributed by atoms with E-state index in [1.165, 1.54) is 0 Å². The normalized spacial score (nSPS) is 20.0. The number of piperazine rings is 1. The molecule has 0 atom stereocenters. The van der Waals surface area contributed by atoms with Gasteiger partial charge in [0.15, 0.2) is 0 Å². The second kappa shape index (κ2) is 7.03. The lowest BCUT2D eigenvalue weighted by atomic mass is 10.1. The third-order valence-corrected chi connectivity index (χ3v) is 5.02. The van der Waals surface area contributed by atoms with Crippen molar-refractivity contribution in [2.75, 3.05) is 44.2 Å². The molecule has 132 valence electrons. The summed E-state index contributed by atoms with van der Waals surface area (Å²) in [6.45, 7) is 11.1. The molecule has 0 saturated carbocycles. The van der Waals surface area contributed by atoms with Crippen LogP contribution in [-0.2, 0) is 4.74 Å². The molecule has 0 aromatic carbocycles. The van der Waals surface area contributed by atoms with Gasteiger partial charge < -0.3 is 14.5 Å². The van der Waals surface area contributed by atoms with E-state index in [-0.39, 0.29) is 6.09 Å². The summed E-state index contributed by atoms with van der Waals surface area (Å²) >= 11 is 2.27. The molecule has 7 heteroatoms. The van der Waals surface area contributed by atoms with E-state index in [1.807, 2.05) is 31.9 Å². The van der Waals surface area contributed by atoms with Crippen molar-refractivity contribution in [3.8, 4) is 0 Å². The van der Waals surface area contributed by atoms with Crippen molar-refractivity contribution in [3.05, 3.63) is 21.9 Å². The minimum Gasteiger partial charge on any atom is -0.444 e. The molecule has 1 aromatic heterocycles. The number of ether oxygens (including phenoxy) is 1. The van der Waals surface area contributed by atoms with Gasteiger partial charge in [0.05, 0.1) is 0 Å². The number of rotatable bonds is 2. The van der Waals surface area contributed by atoms with Gasteiger partial charge >= 0.3 is 6.09 Å². The van der Waals surface area contributed by atoms with Gasteiger partial charge in [0.1, 0.15) is 11.4 Å². The van der Waals surface area contributed by atoms with Crippen LogP contribution in [0.25, 0.3) is 0 Å². The highest BCUT2D eigenvalue weighted by Crippen LogP contribution is 2.23. The zero-order valence-corrected chi connectivity index (χ0v) is 16.7. The summed E-state index contributed by atoms with van der Waals surface area (Å²) in [6, 6.07) is 4.74. The van der Waals surface area contributed by atoms with Gasteiger partial charge in [-0.2, -0.15) is 0 Å². The van der Waals surface area contributed by atoms with E-state index >= 15 is 0 Å². The Labute approximate surface area is 157 Å². The number of anilines is 1. The maximum absolute atomic E-state index is 12.1. The Bertz CT molecular complexity index is 573. The molecule has 0 aliphatic carbocycles. The molecule has 0 bridgehead atoms. The van der Waals surface area contributed by atoms with E-state index in [1.54, 1.807) is 0 Å². The predicted molar refractivity (Wildman–Crippen MR) is 102 cm³/mol. The molecule has 1 amide bonds. The summed E-state index contributed by atoms with van der Waals surface area (Å²) < 4.78 is 6.61. The van der Waals surface area contributed by atoms with Gasteiger partial charge in [-0.25, -0.2) is 9.78 Å². The van der Waals surface area contributed by atoms with Crippen molar-refractivity contribution in [2.24, 2.45) is 0 Å². The third-order valence-electron chi connectivity index (χ3n) is 4.38. The fraction of sp³-hybridized carbons (Fsp3) is 0.647. The fourth-order valence-corrected chi connectivity index (χ4v) is 3.34. The first-order chi connectivity index (χ1) is 11.3. The van der Waals surface area contributed by atoms with Gasteiger partial charge in [0, 0.05) is 55.1 Å². The molecule has 1 aromatic rings. The van der Waals surface area contributed by atoms with E-state index in [0.717, 1.165) is 48.7 Å². The minimum absolute atomic E-state index is 0.194. The van der Waals surface area contributed by atoms with E-state index in [2.05, 4.69) is 49.5 Å². The molecular weight excluding hydrogens is 419 g/mol. The number of nitrogens with zero attached hydrogens (tertiary/aromatic N) is 4. The van der Waals surface area contributed by atoms with Crippen LogP contribution in [0.5, 0.6) is 0 Å². The van der Waals surface area contributed by atoms with Crippen LogP contribution in [0.15, 0.2) is 18.3 Å². The molecule has 0 N–H and O–H groups in total. The molecule has 0 spiro atoms. The largest absolute Gasteiger partial charge is 0.444 e. The Morgan fingerprint density at radius 2 is 1.88 bits per heavy atom. The number of halogens is 1. The number of hydrogen-bond acceptors (Lipinski definition) is 5. The van der Waals surface area contributed by atoms with Crippen LogP contribution in [0.2, 0.25) is 0 Å². The van der Waals surface area contributed by atoms with Crippen molar-refractivity contribution in [1.82, 2.24) is 14.8 Å². The average molecular weight is 444 g/mol. The summed E-state index contributed by atoms with van der Waals surface area (Å²) in [5.74, 6) is 1.05. The van der Waals surface area contributed by atoms with Crippen LogP contribution in [0.3, 0.4) is 0 Å². The van der Waals surface area contributed by atoms with Crippen LogP contribution in [-0.4, -0.2) is 71.8 Å². The first-order valence-corrected chi connectivity index (χ1v) is 9.48. The maximum atomic E-state index is 12.1. The topological polar surface area (TPSA) is 48.9 Å². The Hall–Kier alpha value is -1.09. The average Bonchev–Trinajstić information content (AvgIpc) is 2.46. The van der Waals surface area contributed by atoms with Crippen LogP contribution < -0.4 is 4.90 Å². The van der Waals surface area contributed by atoms with E-state index < -0.39 is 5.60 Å². The lowest BCUT2D eigenvalue weighted by molar-refractivity contribution is 0.00874. The number of carbonyl (C=O) groups excluding carboxylic acids is 1. The number of aromatic nitrogens is 1. The van der Waals surface area contributed by atoms with E-state index in [4.69, 9.17) is 4.74 Å². The van der Waals surface area contributed by atoms with Gasteiger partial charge in [-0.1, -0.05) is 0 Å². The van der Waals surface area contributed by atoms with Crippen LogP contribution >= 0.6 is 22.6 Å². The molecule has 3 heterocycles. The lowest BCUT2D eigenvalue weighted by Crippen LogP contribution is -2.63. The lowest BCUT2D eigenvalue weighted by Gasteiger charge is -2.48. The number of amides is 1. The SMILES string of the molecule is CC(C)(C)OC(=O)N1CCN(C2CN(c3ccc(I)cn3)C2)CC1. The Morgan fingerprint density at radius 3 is 2.42 bits per heavy atom. The zero-order chi connectivity index (χ0) is 17.3. The molecule has 2 aliphatic heterocycles. The molecule has 2 fully saturated rings. The molecule has 24 heavy (non-hydrogen) atoms. The van der Waals surface area contributed by atoms with Gasteiger partial charge in [0.25, 0.3) is 0 Å². The van der Waals surface area contributed by atoms with Crippen molar-refractivity contribution in [1.29, 1.82) is 0 Å². The molecule has 2 aliphatic rings. The summed E-state index contributed by atoms with van der Waals surface area (Å²) in [4.78, 5) is 23.2. The van der Waals surface area contributed by atoms with Gasteiger partial charge in [-0.15, -0.1) is 0 Å². The van der Waals surface area contributed by atoms with Gasteiger partial charge in [-0.3, -0.25) is 4.90 Å². The Morgan fingerprint density at radius 1 is 1.21 bits per heavy atom. The molecular formula is C17H25IN4O2. The van der Waals surface area contributed by atoms with Crippen molar-refractivity contribution in [3.63, 3.8) is 0 Å². The smallest absolute Gasteiger partial charge is 0.410 e. The number of hydrogen-bond donors (Lipinski definition) is 0. The molecule has 6 nitrogen and oxygen atoms in total.